The Morgan fingerprint density at radius 3 is 1.91 bits per heavy atom. The minimum Gasteiger partial charge on any atom is -0.317 e. The minimum absolute atomic E-state index is 0.188. The lowest BCUT2D eigenvalue weighted by atomic mass is 10.0. The zero-order valence-corrected chi connectivity index (χ0v) is 8.39. The van der Waals surface area contributed by atoms with Crippen molar-refractivity contribution in [3.05, 3.63) is 0 Å². The van der Waals surface area contributed by atoms with Crippen LogP contribution in [0.1, 0.15) is 20.3 Å². The van der Waals surface area contributed by atoms with Gasteiger partial charge in [-0.3, -0.25) is 5.73 Å². The molecule has 0 radical (unpaired) electrons. The van der Waals surface area contributed by atoms with Crippen molar-refractivity contribution < 1.29 is 4.36 Å². The molecule has 0 spiro atoms. The standard InChI is InChI=1S/C6H18N4P/c1-5(7)4-6(2,8)11-10(5,3)9/h11H,4,7-9H2,1-3H3/q+1. The fraction of sp³-hybridized carbons (Fsp3) is 1.00. The van der Waals surface area contributed by atoms with Crippen molar-refractivity contribution in [2.24, 2.45) is 17.3 Å². The summed E-state index contributed by atoms with van der Waals surface area (Å²) in [7, 11) is 2.41. The summed E-state index contributed by atoms with van der Waals surface area (Å²) < 4.78 is 0.347. The third-order valence-corrected chi connectivity index (χ3v) is 3.94. The quantitative estimate of drug-likeness (QED) is 0.349. The number of nitrogens with zero attached hydrogens (tertiary/aromatic N) is 1. The van der Waals surface area contributed by atoms with Gasteiger partial charge < -0.3 is 5.73 Å². The number of hydrogen-bond acceptors (Lipinski definition) is 3. The smallest absolute Gasteiger partial charge is 0.168 e. The number of quaternary nitrogens is 1. The van der Waals surface area contributed by atoms with E-state index < -0.39 is 0 Å². The molecule has 1 aliphatic heterocycles. The highest BCUT2D eigenvalue weighted by Gasteiger charge is 2.54. The van der Waals surface area contributed by atoms with Gasteiger partial charge in [-0.25, -0.2) is 4.36 Å². The van der Waals surface area contributed by atoms with Crippen LogP contribution in [0.5, 0.6) is 0 Å². The lowest BCUT2D eigenvalue weighted by Crippen LogP contribution is -2.61. The topological polar surface area (TPSA) is 78.1 Å². The van der Waals surface area contributed by atoms with Gasteiger partial charge in [-0.2, -0.15) is 5.84 Å². The Morgan fingerprint density at radius 2 is 1.82 bits per heavy atom. The molecule has 4 nitrogen and oxygen atoms in total. The molecule has 0 aromatic heterocycles. The largest absolute Gasteiger partial charge is 0.317 e. The van der Waals surface area contributed by atoms with Crippen molar-refractivity contribution in [1.29, 1.82) is 0 Å². The Kier molecular flexibility index (Phi) is 1.83. The lowest BCUT2D eigenvalue weighted by Gasteiger charge is -2.34. The van der Waals surface area contributed by atoms with E-state index in [0.717, 1.165) is 6.42 Å². The van der Waals surface area contributed by atoms with Gasteiger partial charge >= 0.3 is 0 Å². The summed E-state index contributed by atoms with van der Waals surface area (Å²) in [6.07, 6.45) is 0.783. The summed E-state index contributed by atoms with van der Waals surface area (Å²) in [6.45, 7) is 3.96. The molecule has 11 heavy (non-hydrogen) atoms. The van der Waals surface area contributed by atoms with Crippen molar-refractivity contribution in [3.8, 4) is 0 Å². The van der Waals surface area contributed by atoms with E-state index in [4.69, 9.17) is 17.3 Å². The second kappa shape index (κ2) is 2.15. The molecule has 0 amide bonds. The van der Waals surface area contributed by atoms with Crippen LogP contribution >= 0.6 is 8.73 Å². The van der Waals surface area contributed by atoms with E-state index in [1.165, 1.54) is 0 Å². The molecule has 1 rings (SSSR count). The minimum atomic E-state index is -0.373. The van der Waals surface area contributed by atoms with Gasteiger partial charge in [0, 0.05) is 13.3 Å². The molecule has 1 heterocycles. The zero-order chi connectivity index (χ0) is 8.91. The fourth-order valence-electron chi connectivity index (χ4n) is 1.61. The van der Waals surface area contributed by atoms with Crippen LogP contribution in [0.2, 0.25) is 0 Å². The molecule has 0 aromatic rings. The summed E-state index contributed by atoms with van der Waals surface area (Å²) in [5.41, 5.74) is 11.6. The van der Waals surface area contributed by atoms with Gasteiger partial charge in [0.05, 0.1) is 12.3 Å². The molecular weight excluding hydrogens is 159 g/mol. The first-order valence-corrected chi connectivity index (χ1v) is 4.63. The highest BCUT2D eigenvalue weighted by Crippen LogP contribution is 2.50. The van der Waals surface area contributed by atoms with E-state index in [2.05, 4.69) is 0 Å². The van der Waals surface area contributed by atoms with Crippen molar-refractivity contribution in [2.45, 2.75) is 31.2 Å². The predicted octanol–water partition coefficient (Wildman–Crippen LogP) is -0.346. The molecule has 66 valence electrons. The van der Waals surface area contributed by atoms with Gasteiger partial charge in [-0.1, -0.05) is 0 Å². The Labute approximate surface area is 69.5 Å². The summed E-state index contributed by atoms with van der Waals surface area (Å²) in [5.74, 6) is 5.98. The highest BCUT2D eigenvalue weighted by molar-refractivity contribution is 7.33. The van der Waals surface area contributed by atoms with Crippen molar-refractivity contribution in [1.82, 2.24) is 0 Å². The Balaban J connectivity index is 2.89. The van der Waals surface area contributed by atoms with E-state index in [0.29, 0.717) is 13.1 Å². The Morgan fingerprint density at radius 1 is 1.36 bits per heavy atom. The number of rotatable bonds is 0. The summed E-state index contributed by atoms with van der Waals surface area (Å²) in [5, 5.41) is -0.188. The van der Waals surface area contributed by atoms with E-state index in [-0.39, 0.29) is 10.9 Å². The highest BCUT2D eigenvalue weighted by atomic mass is 31.1. The second-order valence-electron chi connectivity index (χ2n) is 4.14. The van der Waals surface area contributed by atoms with Crippen LogP contribution in [0.4, 0.5) is 0 Å². The molecular formula is C6H18N4P+. The third kappa shape index (κ3) is 1.55. The maximum Gasteiger partial charge on any atom is 0.168 e. The van der Waals surface area contributed by atoms with E-state index >= 15 is 0 Å². The van der Waals surface area contributed by atoms with Crippen molar-refractivity contribution >= 4 is 8.73 Å². The molecule has 1 fully saturated rings. The molecule has 4 unspecified atom stereocenters. The number of nitrogens with two attached hydrogens (primary N) is 3. The van der Waals surface area contributed by atoms with Crippen molar-refractivity contribution in [2.75, 3.05) is 7.05 Å². The van der Waals surface area contributed by atoms with Gasteiger partial charge in [-0.05, 0) is 6.92 Å². The molecule has 0 saturated carbocycles. The first-order valence-electron chi connectivity index (χ1n) is 3.69. The number of hydrogen-bond donors (Lipinski definition) is 3. The Hall–Kier alpha value is 0.270. The monoisotopic (exact) mass is 177 g/mol. The first-order chi connectivity index (χ1) is 4.66. The molecule has 5 heteroatoms. The summed E-state index contributed by atoms with van der Waals surface area (Å²) in [4.78, 5) is 0. The van der Waals surface area contributed by atoms with E-state index in [9.17, 15) is 0 Å². The summed E-state index contributed by atoms with van der Waals surface area (Å²) >= 11 is 0. The third-order valence-electron chi connectivity index (χ3n) is 2.27. The Bertz CT molecular complexity index is 157. The van der Waals surface area contributed by atoms with E-state index in [1.807, 2.05) is 20.9 Å². The van der Waals surface area contributed by atoms with E-state index in [1.54, 1.807) is 0 Å². The van der Waals surface area contributed by atoms with Crippen LogP contribution in [0.15, 0.2) is 0 Å². The van der Waals surface area contributed by atoms with Gasteiger partial charge in [0.15, 0.2) is 5.66 Å². The summed E-state index contributed by atoms with van der Waals surface area (Å²) in [6, 6.07) is 0. The van der Waals surface area contributed by atoms with Crippen LogP contribution in [-0.2, 0) is 0 Å². The molecule has 4 atom stereocenters. The van der Waals surface area contributed by atoms with Crippen LogP contribution in [0.25, 0.3) is 0 Å². The zero-order valence-electron chi connectivity index (χ0n) is 7.39. The van der Waals surface area contributed by atoms with Crippen LogP contribution < -0.4 is 17.3 Å². The molecule has 0 bridgehead atoms. The SMILES string of the molecule is CC1(N)CC(C)(N)[N+](C)(N)P1. The average molecular weight is 177 g/mol. The predicted molar refractivity (Wildman–Crippen MR) is 48.5 cm³/mol. The van der Waals surface area contributed by atoms with Gasteiger partial charge in [-0.15, -0.1) is 0 Å². The van der Waals surface area contributed by atoms with Gasteiger partial charge in [0.1, 0.15) is 8.73 Å². The first kappa shape index (κ1) is 9.36. The molecule has 6 N–H and O–H groups in total. The van der Waals surface area contributed by atoms with Crippen LogP contribution in [-0.4, -0.2) is 22.4 Å². The average Bonchev–Trinajstić information content (AvgIpc) is 1.66. The lowest BCUT2D eigenvalue weighted by molar-refractivity contribution is -0.844. The van der Waals surface area contributed by atoms with Crippen molar-refractivity contribution in [3.63, 3.8) is 0 Å². The van der Waals surface area contributed by atoms with Gasteiger partial charge in [0.2, 0.25) is 0 Å². The van der Waals surface area contributed by atoms with Crippen LogP contribution in [0, 0.1) is 0 Å². The fourth-order valence-corrected chi connectivity index (χ4v) is 3.44. The molecule has 0 aliphatic carbocycles. The van der Waals surface area contributed by atoms with Gasteiger partial charge in [0.25, 0.3) is 0 Å². The molecule has 1 aliphatic rings. The molecule has 0 aromatic carbocycles. The maximum absolute atomic E-state index is 6.01. The second-order valence-corrected chi connectivity index (χ2v) is 6.43. The maximum atomic E-state index is 6.01. The molecule has 1 saturated heterocycles. The van der Waals surface area contributed by atoms with Crippen LogP contribution in [0.3, 0.4) is 0 Å². The normalized spacial score (nSPS) is 60.5.